The van der Waals surface area contributed by atoms with E-state index >= 15 is 0 Å². The number of nitrogens with zero attached hydrogens (tertiary/aromatic N) is 3. The molecular weight excluding hydrogens is 332 g/mol. The molecule has 0 radical (unpaired) electrons. The molecule has 0 aliphatic carbocycles. The molecule has 4 nitrogen and oxygen atoms in total. The maximum Gasteiger partial charge on any atom is 0.0700 e. The van der Waals surface area contributed by atoms with Gasteiger partial charge in [0.25, 0.3) is 0 Å². The average molecular weight is 354 g/mol. The van der Waals surface area contributed by atoms with Crippen molar-refractivity contribution in [2.75, 3.05) is 10.4 Å². The fraction of sp³-hybridized carbons (Fsp3) is 0.130. The summed E-state index contributed by atoms with van der Waals surface area (Å²) in [6.07, 6.45) is 3.70. The minimum absolute atomic E-state index is 0.254. The van der Waals surface area contributed by atoms with Gasteiger partial charge in [-0.25, -0.2) is 0 Å². The van der Waals surface area contributed by atoms with Crippen LogP contribution in [0, 0.1) is 0 Å². The molecule has 0 bridgehead atoms. The van der Waals surface area contributed by atoms with Crippen LogP contribution in [0.25, 0.3) is 0 Å². The first-order valence-electron chi connectivity index (χ1n) is 9.20. The van der Waals surface area contributed by atoms with Gasteiger partial charge in [-0.1, -0.05) is 66.7 Å². The fourth-order valence-corrected chi connectivity index (χ4v) is 3.21. The van der Waals surface area contributed by atoms with Crippen molar-refractivity contribution >= 4 is 23.3 Å². The van der Waals surface area contributed by atoms with E-state index in [1.807, 2.05) is 72.9 Å². The van der Waals surface area contributed by atoms with Crippen LogP contribution in [-0.4, -0.2) is 18.0 Å². The van der Waals surface area contributed by atoms with E-state index in [2.05, 4.69) is 39.8 Å². The highest BCUT2D eigenvalue weighted by molar-refractivity contribution is 6.01. The molecule has 0 aromatic heterocycles. The topological polar surface area (TPSA) is 40.0 Å². The minimum atomic E-state index is 0.254. The Morgan fingerprint density at radius 3 is 2.22 bits per heavy atom. The lowest BCUT2D eigenvalue weighted by molar-refractivity contribution is 0.686. The van der Waals surface area contributed by atoms with Gasteiger partial charge in [0.15, 0.2) is 0 Å². The van der Waals surface area contributed by atoms with Gasteiger partial charge in [-0.15, -0.1) is 0 Å². The summed E-state index contributed by atoms with van der Waals surface area (Å²) in [4.78, 5) is 0. The van der Waals surface area contributed by atoms with Crippen molar-refractivity contribution in [2.24, 2.45) is 10.2 Å². The van der Waals surface area contributed by atoms with E-state index < -0.39 is 0 Å². The van der Waals surface area contributed by atoms with E-state index in [0.717, 1.165) is 35.5 Å². The van der Waals surface area contributed by atoms with Gasteiger partial charge >= 0.3 is 0 Å². The van der Waals surface area contributed by atoms with E-state index in [9.17, 15) is 0 Å². The Morgan fingerprint density at radius 1 is 0.889 bits per heavy atom. The third-order valence-electron chi connectivity index (χ3n) is 4.58. The Balaban J connectivity index is 1.57. The van der Waals surface area contributed by atoms with Crippen LogP contribution in [0.15, 0.2) is 101 Å². The third kappa shape index (κ3) is 4.23. The predicted molar refractivity (Wildman–Crippen MR) is 113 cm³/mol. The number of hydrazone groups is 2. The molecule has 1 aliphatic heterocycles. The molecule has 1 unspecified atom stereocenters. The molecule has 0 amide bonds. The lowest BCUT2D eigenvalue weighted by Crippen LogP contribution is -2.29. The Labute approximate surface area is 159 Å². The number of hydrogen-bond acceptors (Lipinski definition) is 4. The van der Waals surface area contributed by atoms with Gasteiger partial charge in [-0.2, -0.15) is 10.2 Å². The number of rotatable bonds is 6. The van der Waals surface area contributed by atoms with Crippen molar-refractivity contribution < 1.29 is 0 Å². The highest BCUT2D eigenvalue weighted by Gasteiger charge is 2.24. The smallest absolute Gasteiger partial charge is 0.0700 e. The van der Waals surface area contributed by atoms with Gasteiger partial charge in [-0.3, -0.25) is 10.4 Å². The molecule has 3 aromatic rings. The van der Waals surface area contributed by atoms with Crippen molar-refractivity contribution in [1.29, 1.82) is 0 Å². The van der Waals surface area contributed by atoms with E-state index in [1.165, 1.54) is 0 Å². The molecule has 1 atom stereocenters. The second-order valence-electron chi connectivity index (χ2n) is 6.47. The van der Waals surface area contributed by atoms with Crippen LogP contribution in [0.3, 0.4) is 0 Å². The van der Waals surface area contributed by atoms with Crippen molar-refractivity contribution in [3.63, 3.8) is 0 Å². The van der Waals surface area contributed by atoms with Crippen LogP contribution in [0.4, 0.5) is 11.4 Å². The zero-order valence-electron chi connectivity index (χ0n) is 15.1. The van der Waals surface area contributed by atoms with Gasteiger partial charge in [0.2, 0.25) is 0 Å². The molecule has 1 heterocycles. The second kappa shape index (κ2) is 8.32. The Kier molecular flexibility index (Phi) is 5.25. The summed E-state index contributed by atoms with van der Waals surface area (Å²) < 4.78 is 0. The van der Waals surface area contributed by atoms with E-state index in [0.29, 0.717) is 0 Å². The van der Waals surface area contributed by atoms with Crippen LogP contribution in [0.5, 0.6) is 0 Å². The first-order chi connectivity index (χ1) is 13.4. The predicted octanol–water partition coefficient (Wildman–Crippen LogP) is 5.16. The van der Waals surface area contributed by atoms with Crippen LogP contribution in [-0.2, 0) is 0 Å². The van der Waals surface area contributed by atoms with Gasteiger partial charge in [0.1, 0.15) is 0 Å². The lowest BCUT2D eigenvalue weighted by atomic mass is 10.0. The molecule has 3 aromatic carbocycles. The summed E-state index contributed by atoms with van der Waals surface area (Å²) in [5.74, 6) is 0. The van der Waals surface area contributed by atoms with Gasteiger partial charge in [0.05, 0.1) is 23.1 Å². The highest BCUT2D eigenvalue weighted by atomic mass is 15.5. The summed E-state index contributed by atoms with van der Waals surface area (Å²) in [6.45, 7) is 0. The molecule has 4 rings (SSSR count). The summed E-state index contributed by atoms with van der Waals surface area (Å²) in [5.41, 5.74) is 7.44. The second-order valence-corrected chi connectivity index (χ2v) is 6.47. The SMILES string of the molecule is C1=NN(c2ccccc2)C(CC(=NNc2ccccc2)c2ccccc2)C1. The van der Waals surface area contributed by atoms with Gasteiger partial charge < -0.3 is 0 Å². The fourth-order valence-electron chi connectivity index (χ4n) is 3.21. The maximum absolute atomic E-state index is 4.74. The molecule has 1 aliphatic rings. The lowest BCUT2D eigenvalue weighted by Gasteiger charge is -2.24. The largest absolute Gasteiger partial charge is 0.278 e. The first kappa shape index (κ1) is 17.0. The summed E-state index contributed by atoms with van der Waals surface area (Å²) in [7, 11) is 0. The monoisotopic (exact) mass is 354 g/mol. The summed E-state index contributed by atoms with van der Waals surface area (Å²) in [5, 5.41) is 11.4. The average Bonchev–Trinajstić information content (AvgIpc) is 3.21. The molecule has 0 saturated heterocycles. The molecular formula is C23H22N4. The molecule has 134 valence electrons. The quantitative estimate of drug-likeness (QED) is 0.491. The Hall–Kier alpha value is -3.40. The van der Waals surface area contributed by atoms with Crippen LogP contribution in [0.1, 0.15) is 18.4 Å². The Bertz CT molecular complexity index is 905. The molecule has 0 saturated carbocycles. The molecule has 4 heteroatoms. The zero-order valence-corrected chi connectivity index (χ0v) is 15.1. The van der Waals surface area contributed by atoms with Crippen molar-refractivity contribution in [3.05, 3.63) is 96.6 Å². The highest BCUT2D eigenvalue weighted by Crippen LogP contribution is 2.25. The number of benzene rings is 3. The van der Waals surface area contributed by atoms with E-state index in [1.54, 1.807) is 0 Å². The van der Waals surface area contributed by atoms with Gasteiger partial charge in [-0.05, 0) is 29.8 Å². The normalized spacial score (nSPS) is 16.5. The zero-order chi connectivity index (χ0) is 18.3. The molecule has 0 fully saturated rings. The Morgan fingerprint density at radius 2 is 1.52 bits per heavy atom. The van der Waals surface area contributed by atoms with E-state index in [-0.39, 0.29) is 6.04 Å². The van der Waals surface area contributed by atoms with Crippen molar-refractivity contribution in [2.45, 2.75) is 18.9 Å². The molecule has 0 spiro atoms. The standard InChI is InChI=1S/C23H22N4/c1-4-10-19(11-5-1)23(26-25-20-12-6-2-7-13-20)18-22-16-17-24-27(22)21-14-8-3-9-15-21/h1-15,17,22,25H,16,18H2. The number of para-hydroxylation sites is 2. The number of anilines is 2. The molecule has 1 N–H and O–H groups in total. The number of hydrogen-bond donors (Lipinski definition) is 1. The summed E-state index contributed by atoms with van der Waals surface area (Å²) in [6, 6.07) is 30.9. The maximum atomic E-state index is 4.74. The van der Waals surface area contributed by atoms with E-state index in [4.69, 9.17) is 5.10 Å². The van der Waals surface area contributed by atoms with Crippen LogP contribution >= 0.6 is 0 Å². The van der Waals surface area contributed by atoms with Crippen molar-refractivity contribution in [1.82, 2.24) is 0 Å². The van der Waals surface area contributed by atoms with Crippen LogP contribution < -0.4 is 10.4 Å². The van der Waals surface area contributed by atoms with Crippen molar-refractivity contribution in [3.8, 4) is 0 Å². The first-order valence-corrected chi connectivity index (χ1v) is 9.20. The van der Waals surface area contributed by atoms with Gasteiger partial charge in [0, 0.05) is 19.1 Å². The number of nitrogens with one attached hydrogen (secondary N) is 1. The summed E-state index contributed by atoms with van der Waals surface area (Å²) >= 11 is 0. The van der Waals surface area contributed by atoms with Crippen LogP contribution in [0.2, 0.25) is 0 Å². The molecule has 27 heavy (non-hydrogen) atoms. The third-order valence-corrected chi connectivity index (χ3v) is 4.58. The minimum Gasteiger partial charge on any atom is -0.278 e.